The van der Waals surface area contributed by atoms with Gasteiger partial charge in [-0.2, -0.15) is 0 Å². The number of nitrogens with zero attached hydrogens (tertiary/aromatic N) is 1. The second-order valence-electron chi connectivity index (χ2n) is 3.97. The van der Waals surface area contributed by atoms with E-state index >= 15 is 0 Å². The summed E-state index contributed by atoms with van der Waals surface area (Å²) in [4.78, 5) is 0. The van der Waals surface area contributed by atoms with Gasteiger partial charge in [0.1, 0.15) is 12.4 Å². The summed E-state index contributed by atoms with van der Waals surface area (Å²) in [7, 11) is 0. The summed E-state index contributed by atoms with van der Waals surface area (Å²) >= 11 is 15.2. The molecule has 3 nitrogen and oxygen atoms in total. The van der Waals surface area contributed by atoms with Gasteiger partial charge in [-0.05, 0) is 45.8 Å². The minimum atomic E-state index is 0.365. The van der Waals surface area contributed by atoms with Crippen LogP contribution in [0.15, 0.2) is 46.0 Å². The topological polar surface area (TPSA) is 41.8 Å². The molecule has 0 aliphatic carbocycles. The van der Waals surface area contributed by atoms with Gasteiger partial charge in [0.05, 0.1) is 10.7 Å². The highest BCUT2D eigenvalue weighted by molar-refractivity contribution is 9.10. The van der Waals surface area contributed by atoms with Gasteiger partial charge in [-0.25, -0.2) is 0 Å². The Balaban J connectivity index is 2.22. The molecule has 0 atom stereocenters. The summed E-state index contributed by atoms with van der Waals surface area (Å²) in [6, 6.07) is 10.7. The van der Waals surface area contributed by atoms with E-state index in [0.717, 1.165) is 5.56 Å². The van der Waals surface area contributed by atoms with Gasteiger partial charge in [0.2, 0.25) is 0 Å². The first-order chi connectivity index (χ1) is 9.60. The molecule has 2 aromatic carbocycles. The number of halogens is 3. The van der Waals surface area contributed by atoms with Crippen LogP contribution in [0.5, 0.6) is 5.75 Å². The van der Waals surface area contributed by atoms with Crippen LogP contribution in [-0.2, 0) is 6.61 Å². The van der Waals surface area contributed by atoms with Crippen LogP contribution in [0.3, 0.4) is 0 Å². The Hall–Kier alpha value is -1.23. The SMILES string of the molecule is ON=Cc1cc(Cl)cc(Br)c1OCc1ccc(Cl)cc1. The molecule has 0 unspecified atom stereocenters. The molecule has 2 aromatic rings. The van der Waals surface area contributed by atoms with E-state index in [1.807, 2.05) is 12.1 Å². The van der Waals surface area contributed by atoms with Gasteiger partial charge in [-0.15, -0.1) is 0 Å². The minimum absolute atomic E-state index is 0.365. The maximum atomic E-state index is 8.68. The lowest BCUT2D eigenvalue weighted by Gasteiger charge is -2.11. The van der Waals surface area contributed by atoms with Crippen molar-refractivity contribution in [1.29, 1.82) is 0 Å². The lowest BCUT2D eigenvalue weighted by atomic mass is 10.2. The van der Waals surface area contributed by atoms with Crippen molar-refractivity contribution in [3.63, 3.8) is 0 Å². The molecule has 0 saturated carbocycles. The molecule has 0 bridgehead atoms. The first kappa shape index (κ1) is 15.2. The molecule has 0 aliphatic rings. The van der Waals surface area contributed by atoms with Gasteiger partial charge >= 0.3 is 0 Å². The second-order valence-corrected chi connectivity index (χ2v) is 5.69. The predicted molar refractivity (Wildman–Crippen MR) is 84.3 cm³/mol. The van der Waals surface area contributed by atoms with Gasteiger partial charge in [0.15, 0.2) is 0 Å². The van der Waals surface area contributed by atoms with E-state index in [2.05, 4.69) is 21.1 Å². The van der Waals surface area contributed by atoms with Crippen LogP contribution in [0.4, 0.5) is 0 Å². The van der Waals surface area contributed by atoms with Gasteiger partial charge in [-0.3, -0.25) is 0 Å². The van der Waals surface area contributed by atoms with E-state index in [1.54, 1.807) is 24.3 Å². The molecule has 0 radical (unpaired) electrons. The third kappa shape index (κ3) is 3.88. The van der Waals surface area contributed by atoms with Crippen molar-refractivity contribution in [1.82, 2.24) is 0 Å². The lowest BCUT2D eigenvalue weighted by Crippen LogP contribution is -1.99. The van der Waals surface area contributed by atoms with E-state index in [-0.39, 0.29) is 0 Å². The van der Waals surface area contributed by atoms with Crippen molar-refractivity contribution >= 4 is 45.3 Å². The summed E-state index contributed by atoms with van der Waals surface area (Å²) < 4.78 is 6.44. The Kier molecular flexibility index (Phi) is 5.29. The molecule has 104 valence electrons. The minimum Gasteiger partial charge on any atom is -0.487 e. The first-order valence-electron chi connectivity index (χ1n) is 5.64. The zero-order valence-electron chi connectivity index (χ0n) is 10.2. The van der Waals surface area contributed by atoms with Crippen molar-refractivity contribution in [3.8, 4) is 5.75 Å². The zero-order chi connectivity index (χ0) is 14.5. The van der Waals surface area contributed by atoms with Crippen molar-refractivity contribution in [2.24, 2.45) is 5.16 Å². The molecule has 0 amide bonds. The summed E-state index contributed by atoms with van der Waals surface area (Å²) in [5.41, 5.74) is 1.56. The maximum Gasteiger partial charge on any atom is 0.142 e. The molecule has 0 heterocycles. The monoisotopic (exact) mass is 373 g/mol. The maximum absolute atomic E-state index is 8.68. The molecule has 20 heavy (non-hydrogen) atoms. The molecule has 0 aliphatic heterocycles. The Morgan fingerprint density at radius 3 is 2.50 bits per heavy atom. The fraction of sp³-hybridized carbons (Fsp3) is 0.0714. The van der Waals surface area contributed by atoms with E-state index < -0.39 is 0 Å². The van der Waals surface area contributed by atoms with Gasteiger partial charge in [0.25, 0.3) is 0 Å². The molecule has 1 N–H and O–H groups in total. The van der Waals surface area contributed by atoms with E-state index in [9.17, 15) is 0 Å². The standard InChI is InChI=1S/C14H10BrCl2NO2/c15-13-6-12(17)5-10(7-18-19)14(13)20-8-9-1-3-11(16)4-2-9/h1-7,19H,8H2. The van der Waals surface area contributed by atoms with Crippen LogP contribution in [-0.4, -0.2) is 11.4 Å². The third-order valence-electron chi connectivity index (χ3n) is 2.53. The number of oxime groups is 1. The smallest absolute Gasteiger partial charge is 0.142 e. The largest absolute Gasteiger partial charge is 0.487 e. The Bertz CT molecular complexity index is 630. The average Bonchev–Trinajstić information content (AvgIpc) is 2.40. The van der Waals surface area contributed by atoms with Crippen molar-refractivity contribution in [2.75, 3.05) is 0 Å². The summed E-state index contributed by atoms with van der Waals surface area (Å²) in [5.74, 6) is 0.558. The van der Waals surface area contributed by atoms with Gasteiger partial charge in [-0.1, -0.05) is 40.5 Å². The van der Waals surface area contributed by atoms with E-state index in [4.69, 9.17) is 33.1 Å². The second kappa shape index (κ2) is 6.97. The van der Waals surface area contributed by atoms with Crippen molar-refractivity contribution in [2.45, 2.75) is 6.61 Å². The number of hydrogen-bond acceptors (Lipinski definition) is 3. The van der Waals surface area contributed by atoms with Crippen LogP contribution < -0.4 is 4.74 Å². The highest BCUT2D eigenvalue weighted by Gasteiger charge is 2.09. The van der Waals surface area contributed by atoms with Gasteiger partial charge < -0.3 is 9.94 Å². The summed E-state index contributed by atoms with van der Waals surface area (Å²) in [5, 5.41) is 12.9. The molecule has 0 fully saturated rings. The predicted octanol–water partition coefficient (Wildman–Crippen LogP) is 5.14. The number of ether oxygens (including phenoxy) is 1. The van der Waals surface area contributed by atoms with Crippen LogP contribution in [0, 0.1) is 0 Å². The van der Waals surface area contributed by atoms with Gasteiger partial charge in [0, 0.05) is 15.6 Å². The zero-order valence-corrected chi connectivity index (χ0v) is 13.3. The molecule has 0 aromatic heterocycles. The molecular weight excluding hydrogens is 365 g/mol. The van der Waals surface area contributed by atoms with Crippen LogP contribution in [0.25, 0.3) is 0 Å². The fourth-order valence-corrected chi connectivity index (χ4v) is 2.70. The Morgan fingerprint density at radius 2 is 1.85 bits per heavy atom. The first-order valence-corrected chi connectivity index (χ1v) is 7.19. The van der Waals surface area contributed by atoms with Crippen LogP contribution in [0.2, 0.25) is 10.0 Å². The number of hydrogen-bond donors (Lipinski definition) is 1. The lowest BCUT2D eigenvalue weighted by molar-refractivity contribution is 0.302. The van der Waals surface area contributed by atoms with Crippen LogP contribution >= 0.6 is 39.1 Å². The highest BCUT2D eigenvalue weighted by atomic mass is 79.9. The molecule has 2 rings (SSSR count). The molecular formula is C14H10BrCl2NO2. The van der Waals surface area contributed by atoms with Crippen LogP contribution in [0.1, 0.15) is 11.1 Å². The average molecular weight is 375 g/mol. The normalized spacial score (nSPS) is 10.9. The third-order valence-corrected chi connectivity index (χ3v) is 3.59. The Morgan fingerprint density at radius 1 is 1.15 bits per heavy atom. The quantitative estimate of drug-likeness (QED) is 0.457. The van der Waals surface area contributed by atoms with Crippen molar-refractivity contribution < 1.29 is 9.94 Å². The molecule has 0 spiro atoms. The van der Waals surface area contributed by atoms with E-state index in [1.165, 1.54) is 6.21 Å². The number of rotatable bonds is 4. The summed E-state index contributed by atoms with van der Waals surface area (Å²) in [6.07, 6.45) is 1.27. The van der Waals surface area contributed by atoms with Crippen molar-refractivity contribution in [3.05, 3.63) is 62.0 Å². The Labute approximate surface area is 134 Å². The highest BCUT2D eigenvalue weighted by Crippen LogP contribution is 2.32. The molecule has 0 saturated heterocycles. The number of benzene rings is 2. The summed E-state index contributed by atoms with van der Waals surface area (Å²) in [6.45, 7) is 0.365. The fourth-order valence-electron chi connectivity index (χ4n) is 1.63. The van der Waals surface area contributed by atoms with E-state index in [0.29, 0.717) is 32.4 Å². The molecule has 6 heteroatoms.